The fourth-order valence-electron chi connectivity index (χ4n) is 9.09. The molecule has 0 saturated heterocycles. The Labute approximate surface area is 455 Å². The first-order chi connectivity index (χ1) is 36.7. The molecule has 0 aliphatic rings. The highest BCUT2D eigenvalue weighted by Gasteiger charge is 2.42. The second-order valence-corrected chi connectivity index (χ2v) is 20.7. The lowest BCUT2D eigenvalue weighted by atomic mass is 9.79. The number of carbonyl (C=O) groups is 1. The molecule has 2 heterocycles. The van der Waals surface area contributed by atoms with Crippen molar-refractivity contribution in [2.45, 2.75) is 96.1 Å². The number of hydrogen-bond acceptors (Lipinski definition) is 13. The van der Waals surface area contributed by atoms with E-state index >= 15 is 0 Å². The van der Waals surface area contributed by atoms with E-state index < -0.39 is 43.6 Å². The Bertz CT molecular complexity index is 2930. The van der Waals surface area contributed by atoms with Gasteiger partial charge in [0, 0.05) is 46.4 Å². The average molecular weight is 1090 g/mol. The van der Waals surface area contributed by atoms with Crippen molar-refractivity contribution in [1.29, 1.82) is 5.26 Å². The van der Waals surface area contributed by atoms with E-state index in [0.717, 1.165) is 16.7 Å². The summed E-state index contributed by atoms with van der Waals surface area (Å²) < 4.78 is 48.4. The van der Waals surface area contributed by atoms with Crippen LogP contribution in [0.4, 0.5) is 4.79 Å². The Kier molecular flexibility index (Phi) is 20.4. The van der Waals surface area contributed by atoms with Gasteiger partial charge < -0.3 is 43.0 Å². The Morgan fingerprint density at radius 1 is 0.776 bits per heavy atom. The first-order valence-electron chi connectivity index (χ1n) is 25.0. The summed E-state index contributed by atoms with van der Waals surface area (Å²) in [6.07, 6.45) is 1.23. The quantitative estimate of drug-likeness (QED) is 0.0282. The lowest BCUT2D eigenvalue weighted by Crippen LogP contribution is -2.45. The van der Waals surface area contributed by atoms with Crippen LogP contribution in [0.3, 0.4) is 0 Å². The molecule has 1 amide bonds. The van der Waals surface area contributed by atoms with Crippen LogP contribution in [0.15, 0.2) is 145 Å². The summed E-state index contributed by atoms with van der Waals surface area (Å²) in [6.45, 7) is 10.1. The Morgan fingerprint density at radius 2 is 1.33 bits per heavy atom. The predicted octanol–water partition coefficient (Wildman–Crippen LogP) is 11.9. The molecule has 400 valence electrons. The molecule has 7 rings (SSSR count). The van der Waals surface area contributed by atoms with Crippen LogP contribution >= 0.6 is 31.7 Å². The van der Waals surface area contributed by atoms with Gasteiger partial charge in [-0.2, -0.15) is 5.26 Å². The number of benzene rings is 5. The summed E-state index contributed by atoms with van der Waals surface area (Å²) in [7, 11) is 1.54. The molecule has 2 aromatic heterocycles. The number of methoxy groups -OCH3 is 2. The highest BCUT2D eigenvalue weighted by Crippen LogP contribution is 2.48. The highest BCUT2D eigenvalue weighted by molar-refractivity contribution is 7.44. The van der Waals surface area contributed by atoms with E-state index in [2.05, 4.69) is 31.0 Å². The summed E-state index contributed by atoms with van der Waals surface area (Å²) >= 11 is 13.0. The molecule has 2 unspecified atom stereocenters. The van der Waals surface area contributed by atoms with Gasteiger partial charge >= 0.3 is 6.09 Å². The molecule has 5 aromatic carbocycles. The first-order valence-corrected chi connectivity index (χ1v) is 26.8. The maximum atomic E-state index is 14.8. The normalized spacial score (nSPS) is 13.1. The fourth-order valence-corrected chi connectivity index (χ4v) is 11.1. The number of nitriles is 1. The molecule has 16 nitrogen and oxygen atoms in total. The van der Waals surface area contributed by atoms with E-state index in [0.29, 0.717) is 44.7 Å². The number of carbonyl (C=O) groups excluding carboxylic acids is 1. The van der Waals surface area contributed by atoms with Gasteiger partial charge in [-0.1, -0.05) is 102 Å². The summed E-state index contributed by atoms with van der Waals surface area (Å²) in [4.78, 5) is 38.5. The Morgan fingerprint density at radius 3 is 1.87 bits per heavy atom. The lowest BCUT2D eigenvalue weighted by molar-refractivity contribution is -0.0526. The molecule has 2 N–H and O–H groups in total. The number of nitrogens with zero attached hydrogens (tertiary/aromatic N) is 5. The maximum Gasteiger partial charge on any atom is 0.408 e. The van der Waals surface area contributed by atoms with Crippen LogP contribution in [-0.4, -0.2) is 88.6 Å². The van der Waals surface area contributed by atoms with Crippen LogP contribution in [0.2, 0.25) is 10.0 Å². The molecule has 19 heteroatoms. The predicted molar refractivity (Wildman–Crippen MR) is 294 cm³/mol. The molecule has 0 radical (unpaired) electrons. The molecular formula is C57H64Cl2N7O9P. The van der Waals surface area contributed by atoms with E-state index in [-0.39, 0.29) is 56.9 Å². The van der Waals surface area contributed by atoms with Gasteiger partial charge in [0.25, 0.3) is 14.1 Å². The van der Waals surface area contributed by atoms with Crippen molar-refractivity contribution in [3.63, 3.8) is 0 Å². The van der Waals surface area contributed by atoms with Gasteiger partial charge in [-0.25, -0.2) is 19.4 Å². The SMILES string of the molecule is COc1ccc(C(OCCCC(OC(=O)NC[C@@H](OCn2cnc3c(=O)[nH]cnc32)C(C)OP(OCCC#N)N(C(C)C)C(C)C)(c2ccc(Cl)cc2)c2ccc(Cl)cc2)(c2ccccc2)c2ccc(OC)cc2)cc1. The lowest BCUT2D eigenvalue weighted by Gasteiger charge is -2.38. The average Bonchev–Trinajstić information content (AvgIpc) is 3.87. The van der Waals surface area contributed by atoms with E-state index in [1.165, 1.54) is 12.7 Å². The first kappa shape index (κ1) is 57.3. The second kappa shape index (κ2) is 27.1. The second-order valence-electron chi connectivity index (χ2n) is 18.4. The summed E-state index contributed by atoms with van der Waals surface area (Å²) in [5, 5.41) is 13.4. The number of H-pyrrole nitrogens is 1. The molecule has 0 saturated carbocycles. The molecular weight excluding hydrogens is 1030 g/mol. The minimum absolute atomic E-state index is 0.0215. The van der Waals surface area contributed by atoms with E-state index in [4.69, 9.17) is 55.9 Å². The topological polar surface area (TPSA) is 184 Å². The fraction of sp³-hybridized carbons (Fsp3) is 0.351. The summed E-state index contributed by atoms with van der Waals surface area (Å²) in [5.74, 6) is 1.40. The minimum atomic E-state index is -1.72. The number of fused-ring (bicyclic) bond motifs is 1. The maximum absolute atomic E-state index is 14.8. The molecule has 0 fully saturated rings. The van der Waals surface area contributed by atoms with E-state index in [1.54, 1.807) is 43.1 Å². The van der Waals surface area contributed by atoms with Gasteiger partial charge in [-0.05, 0) is 113 Å². The number of aromatic nitrogens is 4. The van der Waals surface area contributed by atoms with Gasteiger partial charge in [0.2, 0.25) is 0 Å². The number of halogens is 2. The van der Waals surface area contributed by atoms with E-state index in [9.17, 15) is 14.9 Å². The third-order valence-corrected chi connectivity index (χ3v) is 15.5. The number of imidazole rings is 1. The van der Waals surface area contributed by atoms with Gasteiger partial charge in [-0.3, -0.25) is 9.36 Å². The number of nitrogens with one attached hydrogen (secondary N) is 2. The number of alkyl carbamates (subject to hydrolysis) is 1. The highest BCUT2D eigenvalue weighted by atomic mass is 35.5. The molecule has 76 heavy (non-hydrogen) atoms. The van der Waals surface area contributed by atoms with Crippen molar-refractivity contribution >= 4 is 49.0 Å². The zero-order valence-electron chi connectivity index (χ0n) is 43.7. The van der Waals surface area contributed by atoms with Crippen molar-refractivity contribution in [2.75, 3.05) is 34.0 Å². The minimum Gasteiger partial charge on any atom is -0.497 e. The standard InChI is InChI=1S/C57H64Cl2N7O9P/c1-39(2)66(40(3)4)76(73-34-12-32-60)75-41(5)51(71-38-65-37-64-52-53(65)62-36-63-54(52)67)35-61-55(68)74-56(42-15-23-47(58)24-16-42,43-17-25-48(59)26-18-43)31-11-33-72-57(44-13-9-8-10-14-44,45-19-27-49(69-6)28-20-45)46-21-29-50(70-7)30-22-46/h8-10,13-30,36-37,39-41,51H,11-12,31,33-35,38H2,1-7H3,(H,61,68)(H,62,63,67)/t41?,51-,76?/m1/s1. The van der Waals surface area contributed by atoms with Crippen LogP contribution in [0.25, 0.3) is 11.2 Å². The Balaban J connectivity index is 1.22. The van der Waals surface area contributed by atoms with Crippen LogP contribution in [0.1, 0.15) is 81.7 Å². The number of aromatic amines is 1. The van der Waals surface area contributed by atoms with Crippen molar-refractivity contribution in [3.8, 4) is 17.6 Å². The van der Waals surface area contributed by atoms with Gasteiger partial charge in [-0.15, -0.1) is 0 Å². The van der Waals surface area contributed by atoms with Crippen molar-refractivity contribution in [1.82, 2.24) is 29.5 Å². The molecule has 0 bridgehead atoms. The third kappa shape index (κ3) is 13.8. The van der Waals surface area contributed by atoms with Crippen LogP contribution in [0, 0.1) is 11.3 Å². The molecule has 0 aliphatic carbocycles. The monoisotopic (exact) mass is 1090 g/mol. The zero-order valence-corrected chi connectivity index (χ0v) is 46.1. The molecule has 0 aliphatic heterocycles. The van der Waals surface area contributed by atoms with Crippen molar-refractivity contribution in [3.05, 3.63) is 188 Å². The van der Waals surface area contributed by atoms with Gasteiger partial charge in [0.1, 0.15) is 29.9 Å². The number of hydrogen-bond donors (Lipinski definition) is 2. The number of amides is 1. The molecule has 0 spiro atoms. The van der Waals surface area contributed by atoms with E-state index in [1.807, 2.05) is 138 Å². The molecule has 7 aromatic rings. The van der Waals surface area contributed by atoms with Gasteiger partial charge in [0.05, 0.1) is 52.1 Å². The largest absolute Gasteiger partial charge is 0.497 e. The number of ether oxygens (including phenoxy) is 5. The van der Waals surface area contributed by atoms with Crippen LogP contribution in [0.5, 0.6) is 11.5 Å². The van der Waals surface area contributed by atoms with Gasteiger partial charge in [0.15, 0.2) is 16.8 Å². The number of rotatable bonds is 27. The zero-order chi connectivity index (χ0) is 54.2. The molecule has 3 atom stereocenters. The summed E-state index contributed by atoms with van der Waals surface area (Å²) in [5.41, 5.74) is 1.45. The van der Waals surface area contributed by atoms with Crippen molar-refractivity contribution in [2.24, 2.45) is 0 Å². The smallest absolute Gasteiger partial charge is 0.408 e. The summed E-state index contributed by atoms with van der Waals surface area (Å²) in [6, 6.07) is 42.2. The Hall–Kier alpha value is -6.38. The third-order valence-electron chi connectivity index (χ3n) is 12.8. The van der Waals surface area contributed by atoms with Crippen LogP contribution in [-0.2, 0) is 41.2 Å². The van der Waals surface area contributed by atoms with Crippen molar-refractivity contribution < 1.29 is 37.5 Å². The van der Waals surface area contributed by atoms with Crippen LogP contribution < -0.4 is 20.3 Å².